The number of nitrogens with two attached hydrogens (primary N) is 1. The van der Waals surface area contributed by atoms with Gasteiger partial charge in [-0.2, -0.15) is 0 Å². The maximum absolute atomic E-state index is 10.5. The van der Waals surface area contributed by atoms with Gasteiger partial charge in [0.1, 0.15) is 0 Å². The first-order valence-electron chi connectivity index (χ1n) is 7.77. The van der Waals surface area contributed by atoms with Crippen LogP contribution in [0.25, 0.3) is 0 Å². The van der Waals surface area contributed by atoms with Crippen LogP contribution in [-0.4, -0.2) is 18.2 Å². The zero-order valence-electron chi connectivity index (χ0n) is 12.1. The number of primary amides is 1. The van der Waals surface area contributed by atoms with Gasteiger partial charge < -0.3 is 5.73 Å². The Morgan fingerprint density at radius 1 is 1.00 bits per heavy atom. The molecule has 0 aliphatic carbocycles. The van der Waals surface area contributed by atoms with Gasteiger partial charge in [0.2, 0.25) is 5.91 Å². The number of amides is 1. The molecule has 2 N–H and O–H groups in total. The molecular formula is C16H28N2O. The first kappa shape index (κ1) is 15.9. The fourth-order valence-corrected chi connectivity index (χ4v) is 2.42. The summed E-state index contributed by atoms with van der Waals surface area (Å²) in [4.78, 5) is 14.9. The molecule has 1 amide bonds. The first-order valence-corrected chi connectivity index (χ1v) is 7.77. The average Bonchev–Trinajstić information content (AvgIpc) is 2.88. The summed E-state index contributed by atoms with van der Waals surface area (Å²) in [6, 6.07) is 0. The van der Waals surface area contributed by atoms with E-state index >= 15 is 0 Å². The van der Waals surface area contributed by atoms with Gasteiger partial charge in [0, 0.05) is 12.1 Å². The van der Waals surface area contributed by atoms with Crippen LogP contribution in [0.1, 0.15) is 70.6 Å². The lowest BCUT2D eigenvalue weighted by Gasteiger charge is -2.02. The third kappa shape index (κ3) is 9.46. The van der Waals surface area contributed by atoms with Crippen LogP contribution in [0.4, 0.5) is 0 Å². The van der Waals surface area contributed by atoms with Gasteiger partial charge in [-0.25, -0.2) is 0 Å². The number of rotatable bonds is 12. The van der Waals surface area contributed by atoms with E-state index in [4.69, 9.17) is 5.73 Å². The number of hydrogen-bond acceptors (Lipinski definition) is 2. The highest BCUT2D eigenvalue weighted by Crippen LogP contribution is 2.12. The summed E-state index contributed by atoms with van der Waals surface area (Å²) in [6.07, 6.45) is 17.3. The highest BCUT2D eigenvalue weighted by Gasteiger charge is 1.99. The zero-order valence-corrected chi connectivity index (χ0v) is 12.1. The third-order valence-corrected chi connectivity index (χ3v) is 3.57. The lowest BCUT2D eigenvalue weighted by atomic mass is 10.0. The highest BCUT2D eigenvalue weighted by atomic mass is 16.1. The molecule has 0 aromatic carbocycles. The lowest BCUT2D eigenvalue weighted by molar-refractivity contribution is -0.118. The van der Waals surface area contributed by atoms with Crippen LogP contribution >= 0.6 is 0 Å². The SMILES string of the molecule is NC(=O)CCCCCCCCCCCC1=NCC=C1. The second-order valence-electron chi connectivity index (χ2n) is 5.38. The van der Waals surface area contributed by atoms with Crippen molar-refractivity contribution in [3.05, 3.63) is 12.2 Å². The standard InChI is InChI=1S/C16H28N2O/c17-16(19)13-9-7-5-3-1-2-4-6-8-11-15-12-10-14-18-15/h10,12H,1-9,11,13-14H2,(H2,17,19). The van der Waals surface area contributed by atoms with Crippen molar-refractivity contribution in [1.29, 1.82) is 0 Å². The molecule has 0 saturated heterocycles. The molecular weight excluding hydrogens is 236 g/mol. The van der Waals surface area contributed by atoms with E-state index in [1.165, 1.54) is 50.7 Å². The first-order chi connectivity index (χ1) is 9.29. The van der Waals surface area contributed by atoms with Crippen molar-refractivity contribution in [2.24, 2.45) is 10.7 Å². The van der Waals surface area contributed by atoms with E-state index in [1.54, 1.807) is 0 Å². The molecule has 0 bridgehead atoms. The minimum absolute atomic E-state index is 0.165. The zero-order chi connectivity index (χ0) is 13.8. The summed E-state index contributed by atoms with van der Waals surface area (Å²) in [5, 5.41) is 0. The van der Waals surface area contributed by atoms with Crippen molar-refractivity contribution in [1.82, 2.24) is 0 Å². The minimum Gasteiger partial charge on any atom is -0.370 e. The van der Waals surface area contributed by atoms with Crippen molar-refractivity contribution >= 4 is 11.6 Å². The molecule has 3 nitrogen and oxygen atoms in total. The van der Waals surface area contributed by atoms with Crippen molar-refractivity contribution in [2.45, 2.75) is 70.6 Å². The van der Waals surface area contributed by atoms with Crippen molar-refractivity contribution < 1.29 is 4.79 Å². The molecule has 0 atom stereocenters. The van der Waals surface area contributed by atoms with Gasteiger partial charge in [0.25, 0.3) is 0 Å². The van der Waals surface area contributed by atoms with Crippen LogP contribution < -0.4 is 5.73 Å². The normalized spacial score (nSPS) is 13.8. The molecule has 0 aromatic rings. The molecule has 1 rings (SSSR count). The van der Waals surface area contributed by atoms with E-state index < -0.39 is 0 Å². The summed E-state index contributed by atoms with van der Waals surface area (Å²) in [6.45, 7) is 0.894. The maximum atomic E-state index is 10.5. The van der Waals surface area contributed by atoms with Gasteiger partial charge in [-0.15, -0.1) is 0 Å². The topological polar surface area (TPSA) is 55.5 Å². The summed E-state index contributed by atoms with van der Waals surface area (Å²) in [5.74, 6) is -0.165. The fraction of sp³-hybridized carbons (Fsp3) is 0.750. The number of unbranched alkanes of at least 4 members (excludes halogenated alkanes) is 8. The molecule has 0 saturated carbocycles. The van der Waals surface area contributed by atoms with Crippen molar-refractivity contribution in [2.75, 3.05) is 6.54 Å². The van der Waals surface area contributed by atoms with E-state index in [0.29, 0.717) is 6.42 Å². The van der Waals surface area contributed by atoms with Gasteiger partial charge in [0.05, 0.1) is 6.54 Å². The Bertz CT molecular complexity index is 308. The van der Waals surface area contributed by atoms with E-state index in [9.17, 15) is 4.79 Å². The lowest BCUT2D eigenvalue weighted by Crippen LogP contribution is -2.09. The van der Waals surface area contributed by atoms with Crippen LogP contribution in [0.5, 0.6) is 0 Å². The van der Waals surface area contributed by atoms with Crippen molar-refractivity contribution in [3.8, 4) is 0 Å². The molecule has 0 unspecified atom stereocenters. The fourth-order valence-electron chi connectivity index (χ4n) is 2.42. The molecule has 19 heavy (non-hydrogen) atoms. The number of hydrogen-bond donors (Lipinski definition) is 1. The minimum atomic E-state index is -0.165. The number of nitrogens with zero attached hydrogens (tertiary/aromatic N) is 1. The van der Waals surface area contributed by atoms with Crippen LogP contribution in [0.15, 0.2) is 17.1 Å². The quantitative estimate of drug-likeness (QED) is 0.536. The molecule has 0 aromatic heterocycles. The van der Waals surface area contributed by atoms with Crippen LogP contribution in [0, 0.1) is 0 Å². The van der Waals surface area contributed by atoms with E-state index in [0.717, 1.165) is 25.8 Å². The molecule has 1 heterocycles. The Morgan fingerprint density at radius 3 is 2.11 bits per heavy atom. The molecule has 108 valence electrons. The molecule has 0 spiro atoms. The second kappa shape index (κ2) is 10.8. The van der Waals surface area contributed by atoms with E-state index in [2.05, 4.69) is 17.1 Å². The van der Waals surface area contributed by atoms with Gasteiger partial charge in [-0.3, -0.25) is 9.79 Å². The molecule has 3 heteroatoms. The Morgan fingerprint density at radius 2 is 1.58 bits per heavy atom. The molecule has 1 aliphatic rings. The van der Waals surface area contributed by atoms with Crippen molar-refractivity contribution in [3.63, 3.8) is 0 Å². The van der Waals surface area contributed by atoms with Crippen LogP contribution in [0.3, 0.4) is 0 Å². The third-order valence-electron chi connectivity index (χ3n) is 3.57. The Hall–Kier alpha value is -1.12. The Kier molecular flexibility index (Phi) is 9.03. The van der Waals surface area contributed by atoms with E-state index in [-0.39, 0.29) is 5.91 Å². The molecule has 1 aliphatic heterocycles. The smallest absolute Gasteiger partial charge is 0.217 e. The van der Waals surface area contributed by atoms with Gasteiger partial charge in [-0.1, -0.05) is 51.0 Å². The van der Waals surface area contributed by atoms with Gasteiger partial charge in [0.15, 0.2) is 0 Å². The predicted molar refractivity (Wildman–Crippen MR) is 81.4 cm³/mol. The summed E-state index contributed by atoms with van der Waals surface area (Å²) < 4.78 is 0. The molecule has 0 radical (unpaired) electrons. The van der Waals surface area contributed by atoms with Crippen LogP contribution in [-0.2, 0) is 4.79 Å². The number of carbonyl (C=O) groups excluding carboxylic acids is 1. The summed E-state index contributed by atoms with van der Waals surface area (Å²) in [7, 11) is 0. The summed E-state index contributed by atoms with van der Waals surface area (Å²) in [5.41, 5.74) is 6.38. The Labute approximate surface area is 117 Å². The number of aliphatic imine (C=N–C) groups is 1. The maximum Gasteiger partial charge on any atom is 0.217 e. The van der Waals surface area contributed by atoms with Gasteiger partial charge >= 0.3 is 0 Å². The highest BCUT2D eigenvalue weighted by molar-refractivity contribution is 5.96. The Balaban J connectivity index is 1.74. The predicted octanol–water partition coefficient (Wildman–Crippen LogP) is 3.77. The monoisotopic (exact) mass is 264 g/mol. The van der Waals surface area contributed by atoms with Crippen LogP contribution in [0.2, 0.25) is 0 Å². The summed E-state index contributed by atoms with van der Waals surface area (Å²) >= 11 is 0. The number of carbonyl (C=O) groups is 1. The average molecular weight is 264 g/mol. The largest absolute Gasteiger partial charge is 0.370 e. The second-order valence-corrected chi connectivity index (χ2v) is 5.38. The van der Waals surface area contributed by atoms with E-state index in [1.807, 2.05) is 0 Å². The number of allylic oxidation sites excluding steroid dienone is 1. The molecule has 0 fully saturated rings. The van der Waals surface area contributed by atoms with Gasteiger partial charge in [-0.05, 0) is 25.3 Å².